The SMILES string of the molecule is CNc1ccccc1C(=N)NCCNc1cc(C)nc(-c2ccc(Cl)cc2Cl)n1. The zero-order chi connectivity index (χ0) is 20.8. The molecule has 0 saturated carbocycles. The lowest BCUT2D eigenvalue weighted by atomic mass is 10.1. The van der Waals surface area contributed by atoms with Crippen molar-refractivity contribution in [1.82, 2.24) is 15.3 Å². The van der Waals surface area contributed by atoms with Crippen LogP contribution in [0.2, 0.25) is 10.0 Å². The van der Waals surface area contributed by atoms with Crippen molar-refractivity contribution in [1.29, 1.82) is 5.41 Å². The van der Waals surface area contributed by atoms with Gasteiger partial charge in [-0.15, -0.1) is 0 Å². The molecule has 6 nitrogen and oxygen atoms in total. The second-order valence-corrected chi connectivity index (χ2v) is 7.21. The van der Waals surface area contributed by atoms with Crippen LogP contribution in [0, 0.1) is 12.3 Å². The minimum absolute atomic E-state index is 0.365. The normalized spacial score (nSPS) is 10.5. The molecule has 0 fully saturated rings. The van der Waals surface area contributed by atoms with Gasteiger partial charge in [-0.05, 0) is 37.3 Å². The molecule has 0 amide bonds. The van der Waals surface area contributed by atoms with Gasteiger partial charge in [0.1, 0.15) is 11.7 Å². The Labute approximate surface area is 180 Å². The molecular formula is C21H22Cl2N6. The first-order valence-electron chi connectivity index (χ1n) is 9.12. The molecule has 0 bridgehead atoms. The summed E-state index contributed by atoms with van der Waals surface area (Å²) in [6.45, 7) is 3.06. The molecule has 1 heterocycles. The Bertz CT molecular complexity index is 1020. The van der Waals surface area contributed by atoms with E-state index in [-0.39, 0.29) is 0 Å². The number of amidine groups is 1. The minimum Gasteiger partial charge on any atom is -0.388 e. The third-order valence-electron chi connectivity index (χ3n) is 4.22. The van der Waals surface area contributed by atoms with Gasteiger partial charge < -0.3 is 16.0 Å². The highest BCUT2D eigenvalue weighted by Gasteiger charge is 2.10. The lowest BCUT2D eigenvalue weighted by Gasteiger charge is -2.13. The molecule has 0 saturated heterocycles. The molecule has 4 N–H and O–H groups in total. The van der Waals surface area contributed by atoms with Gasteiger partial charge in [-0.3, -0.25) is 5.41 Å². The van der Waals surface area contributed by atoms with Crippen LogP contribution in [-0.4, -0.2) is 35.9 Å². The van der Waals surface area contributed by atoms with Crippen LogP contribution < -0.4 is 16.0 Å². The smallest absolute Gasteiger partial charge is 0.163 e. The van der Waals surface area contributed by atoms with Gasteiger partial charge in [0, 0.05) is 53.7 Å². The van der Waals surface area contributed by atoms with Crippen molar-refractivity contribution in [3.05, 3.63) is 69.8 Å². The summed E-state index contributed by atoms with van der Waals surface area (Å²) in [6.07, 6.45) is 0. The van der Waals surface area contributed by atoms with Crippen molar-refractivity contribution >= 4 is 40.5 Å². The summed E-state index contributed by atoms with van der Waals surface area (Å²) in [6, 6.07) is 14.8. The third kappa shape index (κ3) is 5.37. The molecule has 150 valence electrons. The van der Waals surface area contributed by atoms with Crippen molar-refractivity contribution in [3.63, 3.8) is 0 Å². The fraction of sp³-hybridized carbons (Fsp3) is 0.190. The highest BCUT2D eigenvalue weighted by molar-refractivity contribution is 6.36. The van der Waals surface area contributed by atoms with E-state index in [0.717, 1.165) is 22.5 Å². The summed E-state index contributed by atoms with van der Waals surface area (Å²) >= 11 is 12.3. The number of anilines is 2. The van der Waals surface area contributed by atoms with E-state index in [0.29, 0.717) is 40.6 Å². The van der Waals surface area contributed by atoms with Gasteiger partial charge in [-0.2, -0.15) is 0 Å². The van der Waals surface area contributed by atoms with Gasteiger partial charge in [0.15, 0.2) is 5.82 Å². The summed E-state index contributed by atoms with van der Waals surface area (Å²) in [5, 5.41) is 18.8. The van der Waals surface area contributed by atoms with Gasteiger partial charge in [-0.25, -0.2) is 9.97 Å². The summed E-state index contributed by atoms with van der Waals surface area (Å²) in [5.41, 5.74) is 3.29. The summed E-state index contributed by atoms with van der Waals surface area (Å²) in [5.74, 6) is 1.60. The van der Waals surface area contributed by atoms with Crippen LogP contribution in [-0.2, 0) is 0 Å². The van der Waals surface area contributed by atoms with Crippen molar-refractivity contribution in [2.24, 2.45) is 0 Å². The second kappa shape index (κ2) is 9.58. The number of aryl methyl sites for hydroxylation is 1. The first kappa shape index (κ1) is 20.9. The van der Waals surface area contributed by atoms with Gasteiger partial charge in [0.2, 0.25) is 0 Å². The number of halogens is 2. The molecule has 3 aromatic rings. The molecule has 0 atom stereocenters. The van der Waals surface area contributed by atoms with E-state index in [1.54, 1.807) is 12.1 Å². The number of benzene rings is 2. The number of para-hydroxylation sites is 1. The average Bonchev–Trinajstić information content (AvgIpc) is 2.70. The standard InChI is InChI=1S/C21H22Cl2N6/c1-13-11-19(29-21(28-13)15-8-7-14(22)12-17(15)23)26-9-10-27-20(24)16-5-3-4-6-18(16)25-2/h3-8,11-12,25H,9-10H2,1-2H3,(H2,24,27)(H,26,28,29). The molecule has 0 aliphatic carbocycles. The van der Waals surface area contributed by atoms with Crippen LogP contribution >= 0.6 is 23.2 Å². The van der Waals surface area contributed by atoms with Crippen molar-refractivity contribution in [3.8, 4) is 11.4 Å². The van der Waals surface area contributed by atoms with Crippen LogP contribution in [0.25, 0.3) is 11.4 Å². The Morgan fingerprint density at radius 3 is 2.59 bits per heavy atom. The zero-order valence-electron chi connectivity index (χ0n) is 16.2. The van der Waals surface area contributed by atoms with E-state index >= 15 is 0 Å². The molecule has 1 aromatic heterocycles. The van der Waals surface area contributed by atoms with Crippen LogP contribution in [0.1, 0.15) is 11.3 Å². The van der Waals surface area contributed by atoms with Gasteiger partial charge >= 0.3 is 0 Å². The summed E-state index contributed by atoms with van der Waals surface area (Å²) < 4.78 is 0. The summed E-state index contributed by atoms with van der Waals surface area (Å²) in [7, 11) is 1.84. The minimum atomic E-state index is 0.365. The molecule has 2 aromatic carbocycles. The Hall–Kier alpha value is -2.83. The maximum atomic E-state index is 8.25. The van der Waals surface area contributed by atoms with Gasteiger partial charge in [-0.1, -0.05) is 35.3 Å². The molecule has 0 aliphatic heterocycles. The monoisotopic (exact) mass is 428 g/mol. The largest absolute Gasteiger partial charge is 0.388 e. The topological polar surface area (TPSA) is 85.7 Å². The van der Waals surface area contributed by atoms with E-state index in [9.17, 15) is 0 Å². The molecule has 0 radical (unpaired) electrons. The number of hydrogen-bond donors (Lipinski definition) is 4. The van der Waals surface area contributed by atoms with E-state index in [1.165, 1.54) is 0 Å². The van der Waals surface area contributed by atoms with E-state index < -0.39 is 0 Å². The lowest BCUT2D eigenvalue weighted by Crippen LogP contribution is -2.29. The number of nitrogens with one attached hydrogen (secondary N) is 4. The fourth-order valence-electron chi connectivity index (χ4n) is 2.84. The molecule has 3 rings (SSSR count). The number of aromatic nitrogens is 2. The summed E-state index contributed by atoms with van der Waals surface area (Å²) in [4.78, 5) is 9.03. The molecule has 0 spiro atoms. The molecule has 8 heteroatoms. The first-order chi connectivity index (χ1) is 14.0. The van der Waals surface area contributed by atoms with E-state index in [1.807, 2.05) is 50.4 Å². The molecular weight excluding hydrogens is 407 g/mol. The van der Waals surface area contributed by atoms with Crippen LogP contribution in [0.5, 0.6) is 0 Å². The average molecular weight is 429 g/mol. The molecule has 29 heavy (non-hydrogen) atoms. The Morgan fingerprint density at radius 1 is 1.03 bits per heavy atom. The molecule has 0 aliphatic rings. The highest BCUT2D eigenvalue weighted by Crippen LogP contribution is 2.28. The fourth-order valence-corrected chi connectivity index (χ4v) is 3.34. The first-order valence-corrected chi connectivity index (χ1v) is 9.88. The predicted molar refractivity (Wildman–Crippen MR) is 122 cm³/mol. The Kier molecular flexibility index (Phi) is 6.90. The van der Waals surface area contributed by atoms with Crippen LogP contribution in [0.3, 0.4) is 0 Å². The highest BCUT2D eigenvalue weighted by atomic mass is 35.5. The maximum Gasteiger partial charge on any atom is 0.163 e. The Morgan fingerprint density at radius 2 is 1.83 bits per heavy atom. The number of nitrogens with zero attached hydrogens (tertiary/aromatic N) is 2. The van der Waals surface area contributed by atoms with Gasteiger partial charge in [0.25, 0.3) is 0 Å². The predicted octanol–water partition coefficient (Wildman–Crippen LogP) is 4.83. The van der Waals surface area contributed by atoms with E-state index in [2.05, 4.69) is 25.9 Å². The second-order valence-electron chi connectivity index (χ2n) is 6.37. The van der Waals surface area contributed by atoms with E-state index in [4.69, 9.17) is 28.6 Å². The third-order valence-corrected chi connectivity index (χ3v) is 4.77. The van der Waals surface area contributed by atoms with Crippen molar-refractivity contribution in [2.45, 2.75) is 6.92 Å². The number of hydrogen-bond acceptors (Lipinski definition) is 5. The Balaban J connectivity index is 1.62. The van der Waals surface area contributed by atoms with Crippen molar-refractivity contribution in [2.75, 3.05) is 30.8 Å². The lowest BCUT2D eigenvalue weighted by molar-refractivity contribution is 0.895. The molecule has 0 unspecified atom stereocenters. The van der Waals surface area contributed by atoms with Crippen molar-refractivity contribution < 1.29 is 0 Å². The number of rotatable bonds is 7. The van der Waals surface area contributed by atoms with Gasteiger partial charge in [0.05, 0.1) is 5.02 Å². The van der Waals surface area contributed by atoms with Crippen LogP contribution in [0.4, 0.5) is 11.5 Å². The quantitative estimate of drug-likeness (QED) is 0.246. The maximum absolute atomic E-state index is 8.25. The zero-order valence-corrected chi connectivity index (χ0v) is 17.7. The van der Waals surface area contributed by atoms with Crippen LogP contribution in [0.15, 0.2) is 48.5 Å².